The van der Waals surface area contributed by atoms with E-state index < -0.39 is 0 Å². The van der Waals surface area contributed by atoms with Gasteiger partial charge < -0.3 is 9.15 Å². The van der Waals surface area contributed by atoms with Crippen molar-refractivity contribution in [1.82, 2.24) is 15.1 Å². The molecule has 142 valence electrons. The summed E-state index contributed by atoms with van der Waals surface area (Å²) in [5.74, 6) is 1.94. The number of nitrogens with zero attached hydrogens (tertiary/aromatic N) is 3. The van der Waals surface area contributed by atoms with Crippen LogP contribution in [0.3, 0.4) is 0 Å². The van der Waals surface area contributed by atoms with Crippen LogP contribution >= 0.6 is 11.3 Å². The molecule has 0 atom stereocenters. The van der Waals surface area contributed by atoms with Gasteiger partial charge in [0.05, 0.1) is 18.5 Å². The van der Waals surface area contributed by atoms with Crippen LogP contribution in [0.1, 0.15) is 42.1 Å². The lowest BCUT2D eigenvalue weighted by Gasteiger charge is -2.21. The van der Waals surface area contributed by atoms with E-state index in [1.807, 2.05) is 29.6 Å². The zero-order valence-electron chi connectivity index (χ0n) is 15.8. The van der Waals surface area contributed by atoms with Gasteiger partial charge in [-0.2, -0.15) is 0 Å². The molecule has 0 N–H and O–H groups in total. The first-order valence-electron chi connectivity index (χ1n) is 8.87. The molecule has 0 aliphatic rings. The van der Waals surface area contributed by atoms with Gasteiger partial charge in [0, 0.05) is 17.7 Å². The molecule has 0 amide bonds. The minimum absolute atomic E-state index is 0.0402. The first-order chi connectivity index (χ1) is 13.1. The van der Waals surface area contributed by atoms with E-state index in [1.165, 1.54) is 0 Å². The maximum Gasteiger partial charge on any atom is 0.257 e. The summed E-state index contributed by atoms with van der Waals surface area (Å²) < 4.78 is 11.3. The Morgan fingerprint density at radius 2 is 2.11 bits per heavy atom. The summed E-state index contributed by atoms with van der Waals surface area (Å²) in [7, 11) is 1.64. The van der Waals surface area contributed by atoms with Gasteiger partial charge in [0.1, 0.15) is 5.75 Å². The Morgan fingerprint density at radius 3 is 2.78 bits per heavy atom. The molecule has 0 radical (unpaired) electrons. The number of thiophene rings is 1. The van der Waals surface area contributed by atoms with Crippen molar-refractivity contribution < 1.29 is 13.9 Å². The van der Waals surface area contributed by atoms with E-state index in [1.54, 1.807) is 31.4 Å². The highest BCUT2D eigenvalue weighted by molar-refractivity contribution is 7.13. The molecule has 27 heavy (non-hydrogen) atoms. The molecular weight excluding hydrogens is 362 g/mol. The van der Waals surface area contributed by atoms with Gasteiger partial charge in [-0.1, -0.05) is 13.0 Å². The van der Waals surface area contributed by atoms with Crippen molar-refractivity contribution >= 4 is 17.1 Å². The van der Waals surface area contributed by atoms with Gasteiger partial charge >= 0.3 is 0 Å². The van der Waals surface area contributed by atoms with Crippen LogP contribution in [0.4, 0.5) is 0 Å². The molecule has 0 saturated carbocycles. The van der Waals surface area contributed by atoms with E-state index in [0.717, 1.165) is 29.2 Å². The second-order valence-electron chi connectivity index (χ2n) is 6.27. The molecule has 0 saturated heterocycles. The fourth-order valence-electron chi connectivity index (χ4n) is 2.90. The maximum absolute atomic E-state index is 11.7. The zero-order valence-corrected chi connectivity index (χ0v) is 16.6. The fourth-order valence-corrected chi connectivity index (χ4v) is 3.55. The summed E-state index contributed by atoms with van der Waals surface area (Å²) >= 11 is 1.57. The van der Waals surface area contributed by atoms with Gasteiger partial charge in [-0.15, -0.1) is 21.5 Å². The van der Waals surface area contributed by atoms with Gasteiger partial charge in [0.25, 0.3) is 5.89 Å². The van der Waals surface area contributed by atoms with Crippen molar-refractivity contribution in [3.63, 3.8) is 0 Å². The first kappa shape index (κ1) is 19.3. The van der Waals surface area contributed by atoms with E-state index in [4.69, 9.17) is 9.15 Å². The molecule has 6 nitrogen and oxygen atoms in total. The van der Waals surface area contributed by atoms with E-state index in [2.05, 4.69) is 22.0 Å². The van der Waals surface area contributed by atoms with Crippen molar-refractivity contribution in [3.05, 3.63) is 52.7 Å². The van der Waals surface area contributed by atoms with Crippen LogP contribution in [-0.2, 0) is 13.1 Å². The number of hydrogen-bond acceptors (Lipinski definition) is 7. The summed E-state index contributed by atoms with van der Waals surface area (Å²) in [6.07, 6.45) is 0.987. The lowest BCUT2D eigenvalue weighted by molar-refractivity contribution is 0.101. The molecule has 0 unspecified atom stereocenters. The average molecular weight is 385 g/mol. The van der Waals surface area contributed by atoms with Crippen LogP contribution in [0.5, 0.6) is 5.75 Å². The second kappa shape index (κ2) is 8.92. The molecule has 0 fully saturated rings. The third-order valence-corrected chi connectivity index (χ3v) is 5.04. The summed E-state index contributed by atoms with van der Waals surface area (Å²) in [6.45, 7) is 5.74. The number of methoxy groups -OCH3 is 1. The average Bonchev–Trinajstić information content (AvgIpc) is 3.33. The standard InChI is InChI=1S/C20H23N3O3S/c1-4-9-23(12-16-11-15(14(2)24)7-8-17(16)25-3)13-19-21-22-20(26-19)18-6-5-10-27-18/h5-8,10-11H,4,9,12-13H2,1-3H3. The lowest BCUT2D eigenvalue weighted by Crippen LogP contribution is -2.24. The number of carbonyl (C=O) groups is 1. The minimum atomic E-state index is 0.0402. The number of rotatable bonds is 9. The molecule has 0 bridgehead atoms. The quantitative estimate of drug-likeness (QED) is 0.508. The van der Waals surface area contributed by atoms with Gasteiger partial charge in [0.2, 0.25) is 5.89 Å². The van der Waals surface area contributed by atoms with Crippen molar-refractivity contribution in [2.75, 3.05) is 13.7 Å². The number of carbonyl (C=O) groups excluding carboxylic acids is 1. The van der Waals surface area contributed by atoms with Crippen molar-refractivity contribution in [1.29, 1.82) is 0 Å². The van der Waals surface area contributed by atoms with Crippen molar-refractivity contribution in [2.45, 2.75) is 33.4 Å². The molecular formula is C20H23N3O3S. The largest absolute Gasteiger partial charge is 0.496 e. The first-order valence-corrected chi connectivity index (χ1v) is 9.75. The molecule has 1 aromatic carbocycles. The minimum Gasteiger partial charge on any atom is -0.496 e. The molecule has 2 heterocycles. The van der Waals surface area contributed by atoms with Gasteiger partial charge in [0.15, 0.2) is 5.78 Å². The summed E-state index contributed by atoms with van der Waals surface area (Å²) in [5, 5.41) is 10.3. The number of Topliss-reactive ketones (excluding diaryl/α,β-unsaturated/α-hetero) is 1. The number of ketones is 1. The number of ether oxygens (including phenoxy) is 1. The summed E-state index contributed by atoms with van der Waals surface area (Å²) in [5.41, 5.74) is 1.65. The molecule has 0 aliphatic carbocycles. The number of aromatic nitrogens is 2. The van der Waals surface area contributed by atoms with Crippen molar-refractivity contribution in [2.24, 2.45) is 0 Å². The van der Waals surface area contributed by atoms with Crippen LogP contribution in [-0.4, -0.2) is 34.5 Å². The van der Waals surface area contributed by atoms with E-state index in [0.29, 0.717) is 30.4 Å². The Morgan fingerprint density at radius 1 is 1.26 bits per heavy atom. The van der Waals surface area contributed by atoms with Crippen molar-refractivity contribution in [3.8, 4) is 16.5 Å². The smallest absolute Gasteiger partial charge is 0.257 e. The normalized spacial score (nSPS) is 11.1. The molecule has 0 spiro atoms. The fraction of sp³-hybridized carbons (Fsp3) is 0.350. The van der Waals surface area contributed by atoms with Crippen LogP contribution in [0, 0.1) is 0 Å². The molecule has 2 aromatic heterocycles. The lowest BCUT2D eigenvalue weighted by atomic mass is 10.1. The molecule has 3 rings (SSSR count). The Bertz CT molecular complexity index is 890. The highest BCUT2D eigenvalue weighted by Crippen LogP contribution is 2.25. The number of hydrogen-bond donors (Lipinski definition) is 0. The summed E-state index contributed by atoms with van der Waals surface area (Å²) in [6, 6.07) is 9.46. The topological polar surface area (TPSA) is 68.5 Å². The van der Waals surface area contributed by atoms with Gasteiger partial charge in [-0.25, -0.2) is 0 Å². The molecule has 7 heteroatoms. The van der Waals surface area contributed by atoms with E-state index >= 15 is 0 Å². The maximum atomic E-state index is 11.7. The van der Waals surface area contributed by atoms with E-state index in [-0.39, 0.29) is 5.78 Å². The van der Waals surface area contributed by atoms with E-state index in [9.17, 15) is 4.79 Å². The van der Waals surface area contributed by atoms with Crippen LogP contribution in [0.2, 0.25) is 0 Å². The highest BCUT2D eigenvalue weighted by Gasteiger charge is 2.16. The second-order valence-corrected chi connectivity index (χ2v) is 7.22. The predicted molar refractivity (Wildman–Crippen MR) is 105 cm³/mol. The zero-order chi connectivity index (χ0) is 19.2. The Kier molecular flexibility index (Phi) is 6.36. The molecule has 3 aromatic rings. The highest BCUT2D eigenvalue weighted by atomic mass is 32.1. The van der Waals surface area contributed by atoms with Crippen LogP contribution < -0.4 is 4.74 Å². The monoisotopic (exact) mass is 385 g/mol. The molecule has 0 aliphatic heterocycles. The van der Waals surface area contributed by atoms with Gasteiger partial charge in [-0.3, -0.25) is 9.69 Å². The predicted octanol–water partition coefficient (Wildman–Crippen LogP) is 4.42. The van der Waals surface area contributed by atoms with Crippen LogP contribution in [0.15, 0.2) is 40.1 Å². The third-order valence-electron chi connectivity index (χ3n) is 4.18. The van der Waals surface area contributed by atoms with Crippen LogP contribution in [0.25, 0.3) is 10.8 Å². The Hall–Kier alpha value is -2.51. The number of benzene rings is 1. The van der Waals surface area contributed by atoms with Gasteiger partial charge in [-0.05, 0) is 49.5 Å². The Balaban J connectivity index is 1.78. The summed E-state index contributed by atoms with van der Waals surface area (Å²) in [4.78, 5) is 14.9. The Labute approximate surface area is 162 Å². The SMILES string of the molecule is CCCN(Cc1nnc(-c2cccs2)o1)Cc1cc(C(C)=O)ccc1OC. The third kappa shape index (κ3) is 4.81.